The summed E-state index contributed by atoms with van der Waals surface area (Å²) < 4.78 is 16.8. The van der Waals surface area contributed by atoms with Gasteiger partial charge in [-0.15, -0.1) is 0 Å². The molecule has 0 saturated heterocycles. The van der Waals surface area contributed by atoms with Crippen LogP contribution in [0.5, 0.6) is 0 Å². The van der Waals surface area contributed by atoms with Crippen LogP contribution in [-0.2, 0) is 28.6 Å². The highest BCUT2D eigenvalue weighted by Crippen LogP contribution is 2.17. The molecule has 58 heavy (non-hydrogen) atoms. The van der Waals surface area contributed by atoms with Crippen molar-refractivity contribution >= 4 is 17.9 Å². The molecule has 0 N–H and O–H groups in total. The maximum Gasteiger partial charge on any atom is 0.306 e. The number of carbonyl (C=O) groups is 3. The minimum absolute atomic E-state index is 0.0650. The monoisotopic (exact) mass is 821 g/mol. The van der Waals surface area contributed by atoms with Gasteiger partial charge in [0.25, 0.3) is 0 Å². The Morgan fingerprint density at radius 2 is 0.569 bits per heavy atom. The van der Waals surface area contributed by atoms with Crippen molar-refractivity contribution in [3.05, 3.63) is 0 Å². The van der Waals surface area contributed by atoms with E-state index in [1.54, 1.807) is 0 Å². The number of carbonyl (C=O) groups excluding carboxylic acids is 3. The van der Waals surface area contributed by atoms with Crippen molar-refractivity contribution in [2.24, 2.45) is 11.8 Å². The van der Waals surface area contributed by atoms with Gasteiger partial charge in [-0.2, -0.15) is 0 Å². The molecule has 0 rings (SSSR count). The summed E-state index contributed by atoms with van der Waals surface area (Å²) in [6, 6.07) is 0. The highest BCUT2D eigenvalue weighted by molar-refractivity contribution is 5.71. The molecule has 0 amide bonds. The van der Waals surface area contributed by atoms with E-state index in [1.165, 1.54) is 173 Å². The van der Waals surface area contributed by atoms with E-state index in [0.717, 1.165) is 69.6 Å². The van der Waals surface area contributed by atoms with Crippen LogP contribution in [0.3, 0.4) is 0 Å². The molecule has 6 heteroatoms. The fourth-order valence-corrected chi connectivity index (χ4v) is 7.81. The summed E-state index contributed by atoms with van der Waals surface area (Å²) in [5.41, 5.74) is 0. The van der Waals surface area contributed by atoms with Crippen LogP contribution in [-0.4, -0.2) is 37.2 Å². The number of ether oxygens (including phenoxy) is 3. The Balaban J connectivity index is 4.22. The van der Waals surface area contributed by atoms with Crippen LogP contribution < -0.4 is 0 Å². The number of hydrogen-bond donors (Lipinski definition) is 0. The van der Waals surface area contributed by atoms with Crippen molar-refractivity contribution in [1.82, 2.24) is 0 Å². The average Bonchev–Trinajstić information content (AvgIpc) is 3.19. The molecule has 0 radical (unpaired) electrons. The first-order valence-electron chi connectivity index (χ1n) is 25.7. The van der Waals surface area contributed by atoms with Gasteiger partial charge in [-0.3, -0.25) is 14.4 Å². The van der Waals surface area contributed by atoms with Crippen molar-refractivity contribution in [2.45, 2.75) is 291 Å². The van der Waals surface area contributed by atoms with Gasteiger partial charge in [-0.1, -0.05) is 247 Å². The summed E-state index contributed by atoms with van der Waals surface area (Å²) in [6.45, 7) is 11.3. The minimum Gasteiger partial charge on any atom is -0.462 e. The van der Waals surface area contributed by atoms with Gasteiger partial charge in [0, 0.05) is 19.3 Å². The lowest BCUT2D eigenvalue weighted by atomic mass is 10.0. The van der Waals surface area contributed by atoms with Crippen molar-refractivity contribution in [3.63, 3.8) is 0 Å². The van der Waals surface area contributed by atoms with Gasteiger partial charge in [0.1, 0.15) is 13.2 Å². The number of hydrogen-bond acceptors (Lipinski definition) is 6. The molecule has 0 aromatic carbocycles. The topological polar surface area (TPSA) is 78.9 Å². The summed E-state index contributed by atoms with van der Waals surface area (Å²) in [5, 5.41) is 0. The highest BCUT2D eigenvalue weighted by Gasteiger charge is 2.19. The van der Waals surface area contributed by atoms with Gasteiger partial charge in [-0.05, 0) is 31.1 Å². The van der Waals surface area contributed by atoms with Crippen LogP contribution >= 0.6 is 0 Å². The van der Waals surface area contributed by atoms with Crippen molar-refractivity contribution in [2.75, 3.05) is 13.2 Å². The summed E-state index contributed by atoms with van der Waals surface area (Å²) in [5.74, 6) is 0.722. The Labute approximate surface area is 361 Å². The van der Waals surface area contributed by atoms with Crippen molar-refractivity contribution in [1.29, 1.82) is 0 Å². The Kier molecular flexibility index (Phi) is 43.7. The standard InChI is InChI=1S/C52H100O6/c1-6-7-8-9-10-11-12-13-14-15-16-17-18-19-23-26-32-37-42-50(53)56-45-49(58-52(55)44-39-34-29-28-31-36-41-48(4)5)46-57-51(54)43-38-33-27-24-21-20-22-25-30-35-40-47(2)3/h47-49H,6-46H2,1-5H3/t49-/m0/s1. The van der Waals surface area contributed by atoms with Crippen molar-refractivity contribution < 1.29 is 28.6 Å². The zero-order chi connectivity index (χ0) is 42.6. The average molecular weight is 821 g/mol. The molecule has 344 valence electrons. The first-order valence-corrected chi connectivity index (χ1v) is 25.7. The van der Waals surface area contributed by atoms with Gasteiger partial charge in [-0.25, -0.2) is 0 Å². The Morgan fingerprint density at radius 3 is 0.845 bits per heavy atom. The van der Waals surface area contributed by atoms with Crippen LogP contribution in [0.25, 0.3) is 0 Å². The van der Waals surface area contributed by atoms with Crippen molar-refractivity contribution in [3.8, 4) is 0 Å². The van der Waals surface area contributed by atoms with Gasteiger partial charge in [0.15, 0.2) is 6.10 Å². The lowest BCUT2D eigenvalue weighted by Crippen LogP contribution is -2.30. The summed E-state index contributed by atoms with van der Waals surface area (Å²) in [7, 11) is 0. The quantitative estimate of drug-likeness (QED) is 0.0346. The van der Waals surface area contributed by atoms with E-state index in [-0.39, 0.29) is 31.1 Å². The third-order valence-corrected chi connectivity index (χ3v) is 11.7. The zero-order valence-corrected chi connectivity index (χ0v) is 39.7. The number of esters is 3. The van der Waals surface area contributed by atoms with E-state index < -0.39 is 6.10 Å². The summed E-state index contributed by atoms with van der Waals surface area (Å²) in [4.78, 5) is 37.8. The number of rotatable bonds is 46. The third kappa shape index (κ3) is 45.5. The molecule has 1 atom stereocenters. The fraction of sp³-hybridized carbons (Fsp3) is 0.942. The normalized spacial score (nSPS) is 12.1. The molecule has 0 aromatic heterocycles. The van der Waals surface area contributed by atoms with Crippen LogP contribution in [0.1, 0.15) is 285 Å². The smallest absolute Gasteiger partial charge is 0.306 e. The van der Waals surface area contributed by atoms with Gasteiger partial charge >= 0.3 is 17.9 Å². The lowest BCUT2D eigenvalue weighted by molar-refractivity contribution is -0.167. The largest absolute Gasteiger partial charge is 0.462 e. The second-order valence-electron chi connectivity index (χ2n) is 18.8. The summed E-state index contributed by atoms with van der Waals surface area (Å²) in [6.07, 6.45) is 45.4. The van der Waals surface area contributed by atoms with E-state index in [0.29, 0.717) is 19.3 Å². The maximum absolute atomic E-state index is 12.7. The molecule has 0 unspecified atom stereocenters. The second kappa shape index (κ2) is 44.9. The molecule has 0 fully saturated rings. The Bertz CT molecular complexity index is 885. The minimum atomic E-state index is -0.762. The van der Waals surface area contributed by atoms with Crippen LogP contribution in [0.4, 0.5) is 0 Å². The molecule has 0 bridgehead atoms. The number of unbranched alkanes of at least 4 members (excludes halogenated alkanes) is 31. The third-order valence-electron chi connectivity index (χ3n) is 11.7. The second-order valence-corrected chi connectivity index (χ2v) is 18.8. The molecule has 0 aromatic rings. The first kappa shape index (κ1) is 56.4. The Morgan fingerprint density at radius 1 is 0.328 bits per heavy atom. The van der Waals surface area contributed by atoms with E-state index >= 15 is 0 Å². The van der Waals surface area contributed by atoms with Gasteiger partial charge < -0.3 is 14.2 Å². The predicted octanol–water partition coefficient (Wildman–Crippen LogP) is 16.5. The Hall–Kier alpha value is -1.59. The lowest BCUT2D eigenvalue weighted by Gasteiger charge is -2.18. The molecule has 0 aliphatic carbocycles. The fourth-order valence-electron chi connectivity index (χ4n) is 7.81. The maximum atomic E-state index is 12.7. The van der Waals surface area contributed by atoms with E-state index in [9.17, 15) is 14.4 Å². The molecule has 0 spiro atoms. The summed E-state index contributed by atoms with van der Waals surface area (Å²) >= 11 is 0. The molecular weight excluding hydrogens is 721 g/mol. The van der Waals surface area contributed by atoms with E-state index in [2.05, 4.69) is 34.6 Å². The predicted molar refractivity (Wildman–Crippen MR) is 247 cm³/mol. The molecule has 0 aliphatic heterocycles. The van der Waals surface area contributed by atoms with Gasteiger partial charge in [0.05, 0.1) is 0 Å². The molecule has 6 nitrogen and oxygen atoms in total. The SMILES string of the molecule is CCCCCCCCCCCCCCCCCCCCC(=O)OC[C@@H](COC(=O)CCCCCCCCCCCCC(C)C)OC(=O)CCCCCCCCC(C)C. The molecular formula is C52H100O6. The highest BCUT2D eigenvalue weighted by atomic mass is 16.6. The zero-order valence-electron chi connectivity index (χ0n) is 39.7. The molecule has 0 aliphatic rings. The van der Waals surface area contributed by atoms with E-state index in [4.69, 9.17) is 14.2 Å². The van der Waals surface area contributed by atoms with Crippen LogP contribution in [0.2, 0.25) is 0 Å². The molecule has 0 heterocycles. The van der Waals surface area contributed by atoms with Crippen LogP contribution in [0.15, 0.2) is 0 Å². The van der Waals surface area contributed by atoms with Crippen LogP contribution in [0, 0.1) is 11.8 Å². The first-order chi connectivity index (χ1) is 28.2. The van der Waals surface area contributed by atoms with Gasteiger partial charge in [0.2, 0.25) is 0 Å². The van der Waals surface area contributed by atoms with E-state index in [1.807, 2.05) is 0 Å². The molecule has 0 saturated carbocycles.